The number of ether oxygens (including phenoxy) is 2. The first-order valence-corrected chi connectivity index (χ1v) is 11.9. The highest BCUT2D eigenvalue weighted by Crippen LogP contribution is 2.35. The van der Waals surface area contributed by atoms with Gasteiger partial charge >= 0.3 is 5.97 Å². The first-order valence-electron chi connectivity index (χ1n) is 11.9. The van der Waals surface area contributed by atoms with Gasteiger partial charge in [0.1, 0.15) is 17.5 Å². The van der Waals surface area contributed by atoms with Crippen LogP contribution < -0.4 is 10.1 Å². The van der Waals surface area contributed by atoms with Crippen LogP contribution in [0.1, 0.15) is 30.1 Å². The number of hydrogen-bond donors (Lipinski definition) is 1. The lowest BCUT2D eigenvalue weighted by Crippen LogP contribution is -2.71. The van der Waals surface area contributed by atoms with E-state index >= 15 is 0 Å². The topological polar surface area (TPSA) is 84.9 Å². The van der Waals surface area contributed by atoms with Gasteiger partial charge in [-0.15, -0.1) is 0 Å². The molecule has 182 valence electrons. The van der Waals surface area contributed by atoms with E-state index in [1.54, 1.807) is 18.2 Å². The summed E-state index contributed by atoms with van der Waals surface area (Å²) < 4.78 is 11.4. The Balaban J connectivity index is 1.24. The summed E-state index contributed by atoms with van der Waals surface area (Å²) in [6.45, 7) is -0.193. The zero-order valence-corrected chi connectivity index (χ0v) is 19.6. The van der Waals surface area contributed by atoms with Crippen molar-refractivity contribution in [1.82, 2.24) is 10.2 Å². The van der Waals surface area contributed by atoms with Crippen LogP contribution in [0.4, 0.5) is 0 Å². The number of nitrogens with one attached hydrogen (secondary N) is 1. The van der Waals surface area contributed by atoms with E-state index in [1.807, 2.05) is 78.9 Å². The second-order valence-corrected chi connectivity index (χ2v) is 8.70. The molecule has 1 saturated heterocycles. The predicted molar refractivity (Wildman–Crippen MR) is 133 cm³/mol. The summed E-state index contributed by atoms with van der Waals surface area (Å²) >= 11 is 0. The Kier molecular flexibility index (Phi) is 6.80. The second kappa shape index (κ2) is 10.5. The lowest BCUT2D eigenvalue weighted by Gasteiger charge is -2.49. The number of carbonyl (C=O) groups excluding carboxylic acids is 3. The van der Waals surface area contributed by atoms with Crippen molar-refractivity contribution < 1.29 is 23.9 Å². The van der Waals surface area contributed by atoms with E-state index in [2.05, 4.69) is 5.32 Å². The fourth-order valence-electron chi connectivity index (χ4n) is 4.60. The average molecular weight is 483 g/mol. The monoisotopic (exact) mass is 482 g/mol. The number of benzene rings is 3. The molecule has 36 heavy (non-hydrogen) atoms. The van der Waals surface area contributed by atoms with Gasteiger partial charge in [-0.1, -0.05) is 84.9 Å². The number of para-hydroxylation sites is 1. The van der Waals surface area contributed by atoms with Crippen LogP contribution in [-0.4, -0.2) is 41.4 Å². The normalized spacial score (nSPS) is 18.5. The van der Waals surface area contributed by atoms with Crippen molar-refractivity contribution in [2.45, 2.75) is 31.0 Å². The van der Waals surface area contributed by atoms with Gasteiger partial charge in [-0.3, -0.25) is 14.5 Å². The number of fused-ring (bicyclic) bond motifs is 1. The standard InChI is InChI=1S/C29H26N2O5/c32-25(19-35-22-15-8-3-9-16-22)30-26-23-17-10-18-24(31(23)28(26)33)29(34)36-27(20-11-4-1-5-12-20)21-13-6-2-7-14-21/h1-9,11-16,18,23,26-27H,10,17,19H2,(H,30,32)/t23-,26+/m1/s1. The first-order chi connectivity index (χ1) is 17.6. The number of rotatable bonds is 8. The van der Waals surface area contributed by atoms with Crippen LogP contribution in [0.2, 0.25) is 0 Å². The van der Waals surface area contributed by atoms with Gasteiger partial charge in [-0.2, -0.15) is 0 Å². The Bertz CT molecular complexity index is 1220. The first kappa shape index (κ1) is 23.4. The molecule has 3 aromatic carbocycles. The van der Waals surface area contributed by atoms with Crippen LogP contribution in [0.15, 0.2) is 103 Å². The summed E-state index contributed by atoms with van der Waals surface area (Å²) in [6, 6.07) is 27.0. The lowest BCUT2D eigenvalue weighted by molar-refractivity contribution is -0.159. The smallest absolute Gasteiger partial charge is 0.355 e. The molecule has 0 aliphatic carbocycles. The minimum atomic E-state index is -0.688. The third kappa shape index (κ3) is 4.86. The molecule has 0 saturated carbocycles. The Labute approximate surface area is 209 Å². The van der Waals surface area contributed by atoms with Gasteiger partial charge < -0.3 is 14.8 Å². The summed E-state index contributed by atoms with van der Waals surface area (Å²) in [5.41, 5.74) is 1.89. The lowest BCUT2D eigenvalue weighted by atomic mass is 9.86. The fraction of sp³-hybridized carbons (Fsp3) is 0.207. The number of amides is 2. The van der Waals surface area contributed by atoms with Crippen molar-refractivity contribution in [2.24, 2.45) is 0 Å². The fourth-order valence-corrected chi connectivity index (χ4v) is 4.60. The summed E-state index contributed by atoms with van der Waals surface area (Å²) in [5, 5.41) is 2.75. The molecule has 2 heterocycles. The molecule has 0 spiro atoms. The van der Waals surface area contributed by atoms with Crippen LogP contribution in [0.5, 0.6) is 5.75 Å². The van der Waals surface area contributed by atoms with Gasteiger partial charge in [0.2, 0.25) is 0 Å². The van der Waals surface area contributed by atoms with E-state index in [4.69, 9.17) is 9.47 Å². The third-order valence-electron chi connectivity index (χ3n) is 6.35. The second-order valence-electron chi connectivity index (χ2n) is 8.70. The highest BCUT2D eigenvalue weighted by molar-refractivity contribution is 6.02. The van der Waals surface area contributed by atoms with Crippen molar-refractivity contribution in [1.29, 1.82) is 0 Å². The van der Waals surface area contributed by atoms with Gasteiger partial charge in [-0.25, -0.2) is 4.79 Å². The molecule has 0 aromatic heterocycles. The molecule has 2 atom stereocenters. The number of esters is 1. The predicted octanol–water partition coefficient (Wildman–Crippen LogP) is 3.77. The Morgan fingerprint density at radius 1 is 0.889 bits per heavy atom. The molecule has 7 nitrogen and oxygen atoms in total. The number of nitrogens with zero attached hydrogens (tertiary/aromatic N) is 1. The Morgan fingerprint density at radius 2 is 1.47 bits per heavy atom. The van der Waals surface area contributed by atoms with E-state index in [0.717, 1.165) is 11.1 Å². The largest absolute Gasteiger partial charge is 0.484 e. The quantitative estimate of drug-likeness (QED) is 0.390. The SMILES string of the molecule is O=C(COc1ccccc1)N[C@@H]1C(=O)N2C(C(=O)OC(c3ccccc3)c3ccccc3)=CCC[C@H]12. The molecule has 0 unspecified atom stereocenters. The summed E-state index contributed by atoms with van der Waals surface area (Å²) in [7, 11) is 0. The summed E-state index contributed by atoms with van der Waals surface area (Å²) in [4.78, 5) is 40.1. The maximum absolute atomic E-state index is 13.3. The van der Waals surface area contributed by atoms with Crippen LogP contribution in [0.3, 0.4) is 0 Å². The molecule has 1 N–H and O–H groups in total. The molecule has 5 rings (SSSR count). The van der Waals surface area contributed by atoms with Gasteiger partial charge in [0, 0.05) is 0 Å². The molecule has 3 aromatic rings. The van der Waals surface area contributed by atoms with Crippen LogP contribution in [-0.2, 0) is 19.1 Å². The van der Waals surface area contributed by atoms with Crippen LogP contribution >= 0.6 is 0 Å². The maximum Gasteiger partial charge on any atom is 0.355 e. The van der Waals surface area contributed by atoms with Gasteiger partial charge in [0.25, 0.3) is 11.8 Å². The van der Waals surface area contributed by atoms with Crippen molar-refractivity contribution in [3.8, 4) is 5.75 Å². The molecular formula is C29H26N2O5. The Morgan fingerprint density at radius 3 is 2.08 bits per heavy atom. The number of carbonyl (C=O) groups is 3. The van der Waals surface area contributed by atoms with E-state index in [1.165, 1.54) is 4.90 Å². The average Bonchev–Trinajstić information content (AvgIpc) is 2.94. The van der Waals surface area contributed by atoms with Crippen molar-refractivity contribution >= 4 is 17.8 Å². The van der Waals surface area contributed by atoms with E-state index in [0.29, 0.717) is 18.6 Å². The Hall–Kier alpha value is -4.39. The molecule has 2 aliphatic rings. The van der Waals surface area contributed by atoms with Crippen LogP contribution in [0, 0.1) is 0 Å². The van der Waals surface area contributed by atoms with Crippen molar-refractivity contribution in [3.05, 3.63) is 114 Å². The highest BCUT2D eigenvalue weighted by Gasteiger charge is 2.52. The molecular weight excluding hydrogens is 456 g/mol. The van der Waals surface area contributed by atoms with Gasteiger partial charge in [0.05, 0.1) is 6.04 Å². The summed E-state index contributed by atoms with van der Waals surface area (Å²) in [6.07, 6.45) is 2.38. The molecule has 0 radical (unpaired) electrons. The van der Waals surface area contributed by atoms with Crippen molar-refractivity contribution in [2.75, 3.05) is 6.61 Å². The number of hydrogen-bond acceptors (Lipinski definition) is 5. The molecule has 7 heteroatoms. The van der Waals surface area contributed by atoms with Gasteiger partial charge in [-0.05, 0) is 36.1 Å². The van der Waals surface area contributed by atoms with Gasteiger partial charge in [0.15, 0.2) is 12.7 Å². The van der Waals surface area contributed by atoms with E-state index in [-0.39, 0.29) is 30.2 Å². The molecule has 0 bridgehead atoms. The minimum absolute atomic E-state index is 0.193. The van der Waals surface area contributed by atoms with Crippen LogP contribution in [0.25, 0.3) is 0 Å². The van der Waals surface area contributed by atoms with E-state index in [9.17, 15) is 14.4 Å². The highest BCUT2D eigenvalue weighted by atomic mass is 16.5. The maximum atomic E-state index is 13.3. The zero-order chi connectivity index (χ0) is 24.9. The van der Waals surface area contributed by atoms with E-state index < -0.39 is 18.1 Å². The molecule has 1 fully saturated rings. The number of β-lactam (4-membered cyclic amide) rings is 1. The third-order valence-corrected chi connectivity index (χ3v) is 6.35. The van der Waals surface area contributed by atoms with Crippen molar-refractivity contribution in [3.63, 3.8) is 0 Å². The zero-order valence-electron chi connectivity index (χ0n) is 19.6. The minimum Gasteiger partial charge on any atom is -0.484 e. The molecule has 2 aliphatic heterocycles. The summed E-state index contributed by atoms with van der Waals surface area (Å²) in [5.74, 6) is -0.704. The number of allylic oxidation sites excluding steroid dienone is 1. The molecule has 2 amide bonds.